The summed E-state index contributed by atoms with van der Waals surface area (Å²) < 4.78 is 10.6. The maximum Gasteiger partial charge on any atom is 0.124 e. The number of methoxy groups -OCH3 is 2. The minimum atomic E-state index is 0.567. The average molecular weight is 242 g/mol. The lowest BCUT2D eigenvalue weighted by molar-refractivity contribution is 0.181. The minimum Gasteiger partial charge on any atom is -0.496 e. The van der Waals surface area contributed by atoms with E-state index in [-0.39, 0.29) is 0 Å². The highest BCUT2D eigenvalue weighted by Gasteiger charge is 2.05. The molecular formula is C16H18O2. The van der Waals surface area contributed by atoms with Gasteiger partial charge in [0, 0.05) is 12.7 Å². The summed E-state index contributed by atoms with van der Waals surface area (Å²) in [7, 11) is 3.38. The lowest BCUT2D eigenvalue weighted by Crippen LogP contribution is -1.94. The summed E-state index contributed by atoms with van der Waals surface area (Å²) in [6, 6.07) is 14.7. The van der Waals surface area contributed by atoms with Crippen LogP contribution in [0.4, 0.5) is 0 Å². The SMILES string of the molecule is COCc1ccc(-c2ccc(C)cc2)cc1OC. The van der Waals surface area contributed by atoms with E-state index < -0.39 is 0 Å². The molecule has 0 fully saturated rings. The van der Waals surface area contributed by atoms with Gasteiger partial charge in [-0.3, -0.25) is 0 Å². The highest BCUT2D eigenvalue weighted by molar-refractivity contribution is 5.66. The van der Waals surface area contributed by atoms with Crippen LogP contribution in [0.15, 0.2) is 42.5 Å². The van der Waals surface area contributed by atoms with Gasteiger partial charge < -0.3 is 9.47 Å². The van der Waals surface area contributed by atoms with E-state index in [0.29, 0.717) is 6.61 Å². The van der Waals surface area contributed by atoms with Gasteiger partial charge in [-0.05, 0) is 24.1 Å². The van der Waals surface area contributed by atoms with Crippen LogP contribution in [-0.2, 0) is 11.3 Å². The first-order chi connectivity index (χ1) is 8.74. The Labute approximate surface area is 108 Å². The van der Waals surface area contributed by atoms with Gasteiger partial charge >= 0.3 is 0 Å². The summed E-state index contributed by atoms with van der Waals surface area (Å²) >= 11 is 0. The minimum absolute atomic E-state index is 0.567. The van der Waals surface area contributed by atoms with Gasteiger partial charge in [0.05, 0.1) is 13.7 Å². The van der Waals surface area contributed by atoms with Crippen molar-refractivity contribution in [2.24, 2.45) is 0 Å². The summed E-state index contributed by atoms with van der Waals surface area (Å²) in [4.78, 5) is 0. The van der Waals surface area contributed by atoms with Crippen LogP contribution in [-0.4, -0.2) is 14.2 Å². The van der Waals surface area contributed by atoms with Crippen molar-refractivity contribution in [1.82, 2.24) is 0 Å². The van der Waals surface area contributed by atoms with Gasteiger partial charge in [0.1, 0.15) is 5.75 Å². The third-order valence-corrected chi connectivity index (χ3v) is 2.97. The van der Waals surface area contributed by atoms with Crippen molar-refractivity contribution in [2.45, 2.75) is 13.5 Å². The van der Waals surface area contributed by atoms with Crippen molar-refractivity contribution in [3.63, 3.8) is 0 Å². The van der Waals surface area contributed by atoms with Gasteiger partial charge in [0.25, 0.3) is 0 Å². The van der Waals surface area contributed by atoms with Crippen molar-refractivity contribution in [3.8, 4) is 16.9 Å². The fourth-order valence-electron chi connectivity index (χ4n) is 1.94. The zero-order valence-corrected chi connectivity index (χ0v) is 11.1. The highest BCUT2D eigenvalue weighted by Crippen LogP contribution is 2.27. The summed E-state index contributed by atoms with van der Waals surface area (Å²) in [5, 5.41) is 0. The van der Waals surface area contributed by atoms with E-state index in [9.17, 15) is 0 Å². The first-order valence-corrected chi connectivity index (χ1v) is 5.97. The predicted molar refractivity (Wildman–Crippen MR) is 73.9 cm³/mol. The Morgan fingerprint density at radius 1 is 0.889 bits per heavy atom. The topological polar surface area (TPSA) is 18.5 Å². The second-order valence-corrected chi connectivity index (χ2v) is 4.33. The lowest BCUT2D eigenvalue weighted by Gasteiger charge is -2.10. The molecular weight excluding hydrogens is 224 g/mol. The average Bonchev–Trinajstić information content (AvgIpc) is 2.40. The Balaban J connectivity index is 2.37. The molecule has 2 aromatic rings. The monoisotopic (exact) mass is 242 g/mol. The van der Waals surface area contributed by atoms with Crippen molar-refractivity contribution in [3.05, 3.63) is 53.6 Å². The fourth-order valence-corrected chi connectivity index (χ4v) is 1.94. The van der Waals surface area contributed by atoms with Gasteiger partial charge in [-0.1, -0.05) is 42.0 Å². The molecule has 0 bridgehead atoms. The Kier molecular flexibility index (Phi) is 4.00. The van der Waals surface area contributed by atoms with Crippen LogP contribution in [0.1, 0.15) is 11.1 Å². The molecule has 0 aliphatic heterocycles. The molecule has 18 heavy (non-hydrogen) atoms. The molecule has 0 saturated heterocycles. The summed E-state index contributed by atoms with van der Waals surface area (Å²) in [5.74, 6) is 0.870. The Bertz CT molecular complexity index is 515. The van der Waals surface area contributed by atoms with E-state index in [4.69, 9.17) is 9.47 Å². The maximum atomic E-state index is 5.40. The van der Waals surface area contributed by atoms with Crippen LogP contribution < -0.4 is 4.74 Å². The Hall–Kier alpha value is -1.80. The zero-order chi connectivity index (χ0) is 13.0. The van der Waals surface area contributed by atoms with Crippen LogP contribution in [0.3, 0.4) is 0 Å². The van der Waals surface area contributed by atoms with E-state index in [0.717, 1.165) is 16.9 Å². The molecule has 0 radical (unpaired) electrons. The normalized spacial score (nSPS) is 10.4. The van der Waals surface area contributed by atoms with Crippen molar-refractivity contribution < 1.29 is 9.47 Å². The summed E-state index contributed by atoms with van der Waals surface area (Å²) in [6.07, 6.45) is 0. The summed E-state index contributed by atoms with van der Waals surface area (Å²) in [6.45, 7) is 2.66. The van der Waals surface area contributed by atoms with Crippen LogP contribution in [0.2, 0.25) is 0 Å². The van der Waals surface area contributed by atoms with Crippen molar-refractivity contribution in [2.75, 3.05) is 14.2 Å². The molecule has 0 aliphatic carbocycles. The molecule has 0 saturated carbocycles. The fraction of sp³-hybridized carbons (Fsp3) is 0.250. The molecule has 2 heteroatoms. The van der Waals surface area contributed by atoms with Crippen LogP contribution in [0.25, 0.3) is 11.1 Å². The van der Waals surface area contributed by atoms with Gasteiger partial charge in [0.2, 0.25) is 0 Å². The molecule has 0 unspecified atom stereocenters. The van der Waals surface area contributed by atoms with E-state index >= 15 is 0 Å². The number of rotatable bonds is 4. The molecule has 0 amide bonds. The first-order valence-electron chi connectivity index (χ1n) is 5.97. The van der Waals surface area contributed by atoms with Gasteiger partial charge in [-0.2, -0.15) is 0 Å². The molecule has 2 aromatic carbocycles. The first kappa shape index (κ1) is 12.7. The second kappa shape index (κ2) is 5.69. The quantitative estimate of drug-likeness (QED) is 0.811. The lowest BCUT2D eigenvalue weighted by atomic mass is 10.0. The second-order valence-electron chi connectivity index (χ2n) is 4.33. The molecule has 2 rings (SSSR count). The molecule has 94 valence electrons. The molecule has 0 heterocycles. The largest absolute Gasteiger partial charge is 0.496 e. The third-order valence-electron chi connectivity index (χ3n) is 2.97. The smallest absolute Gasteiger partial charge is 0.124 e. The summed E-state index contributed by atoms with van der Waals surface area (Å²) in [5.41, 5.74) is 4.69. The Morgan fingerprint density at radius 3 is 2.17 bits per heavy atom. The van der Waals surface area contributed by atoms with E-state index in [2.05, 4.69) is 49.4 Å². The number of benzene rings is 2. The maximum absolute atomic E-state index is 5.40. The highest BCUT2D eigenvalue weighted by atomic mass is 16.5. The molecule has 0 aromatic heterocycles. The van der Waals surface area contributed by atoms with Crippen molar-refractivity contribution in [1.29, 1.82) is 0 Å². The van der Waals surface area contributed by atoms with Gasteiger partial charge in [0.15, 0.2) is 0 Å². The predicted octanol–water partition coefficient (Wildman–Crippen LogP) is 3.82. The van der Waals surface area contributed by atoms with E-state index in [1.54, 1.807) is 14.2 Å². The molecule has 0 aliphatic rings. The number of hydrogen-bond acceptors (Lipinski definition) is 2. The number of ether oxygens (including phenoxy) is 2. The van der Waals surface area contributed by atoms with Gasteiger partial charge in [-0.25, -0.2) is 0 Å². The van der Waals surface area contributed by atoms with Crippen LogP contribution in [0, 0.1) is 6.92 Å². The van der Waals surface area contributed by atoms with Gasteiger partial charge in [-0.15, -0.1) is 0 Å². The Morgan fingerprint density at radius 2 is 1.56 bits per heavy atom. The van der Waals surface area contributed by atoms with Crippen LogP contribution >= 0.6 is 0 Å². The van der Waals surface area contributed by atoms with E-state index in [1.165, 1.54) is 11.1 Å². The zero-order valence-electron chi connectivity index (χ0n) is 11.1. The number of hydrogen-bond donors (Lipinski definition) is 0. The van der Waals surface area contributed by atoms with Crippen LogP contribution in [0.5, 0.6) is 5.75 Å². The number of aryl methyl sites for hydroxylation is 1. The van der Waals surface area contributed by atoms with Crippen molar-refractivity contribution >= 4 is 0 Å². The third kappa shape index (κ3) is 2.71. The molecule has 0 atom stereocenters. The molecule has 2 nitrogen and oxygen atoms in total. The molecule has 0 N–H and O–H groups in total. The standard InChI is InChI=1S/C16H18O2/c1-12-4-6-13(7-5-12)14-8-9-15(11-17-2)16(10-14)18-3/h4-10H,11H2,1-3H3. The molecule has 0 spiro atoms. The van der Waals surface area contributed by atoms with E-state index in [1.807, 2.05) is 0 Å².